The maximum atomic E-state index is 12.4. The van der Waals surface area contributed by atoms with Crippen LogP contribution < -0.4 is 14.8 Å². The zero-order valence-corrected chi connectivity index (χ0v) is 41.5. The number of allylic oxidation sites excluding steroid dienone is 3. The van der Waals surface area contributed by atoms with Crippen LogP contribution in [0.2, 0.25) is 0 Å². The van der Waals surface area contributed by atoms with Crippen molar-refractivity contribution in [3.8, 4) is 11.3 Å². The predicted octanol–water partition coefficient (Wildman–Crippen LogP) is 5.58. The molecule has 0 bridgehead atoms. The molecule has 0 radical (unpaired) electrons. The van der Waals surface area contributed by atoms with Crippen LogP contribution in [-0.4, -0.2) is 136 Å². The molecule has 68 heavy (non-hydrogen) atoms. The van der Waals surface area contributed by atoms with Crippen molar-refractivity contribution in [1.29, 1.82) is 0 Å². The van der Waals surface area contributed by atoms with Crippen molar-refractivity contribution in [2.45, 2.75) is 88.9 Å². The third-order valence-corrected chi connectivity index (χ3v) is 12.5. The maximum Gasteiger partial charge on any atom is 0.333 e. The zero-order valence-electron chi connectivity index (χ0n) is 40.7. The highest BCUT2D eigenvalue weighted by Crippen LogP contribution is 2.48. The maximum absolute atomic E-state index is 12.4. The van der Waals surface area contributed by atoms with Crippen LogP contribution >= 0.6 is 0 Å². The first kappa shape index (κ1) is 54.2. The minimum absolute atomic E-state index is 0.0255. The first-order chi connectivity index (χ1) is 32.4. The largest absolute Gasteiger partial charge is 0.744 e. The van der Waals surface area contributed by atoms with Gasteiger partial charge >= 0.3 is 5.97 Å². The molecule has 0 atom stereocenters. The first-order valence-corrected chi connectivity index (χ1v) is 24.6. The minimum atomic E-state index is -4.71. The second kappa shape index (κ2) is 25.7. The van der Waals surface area contributed by atoms with Gasteiger partial charge in [0.15, 0.2) is 13.1 Å². The molecule has 0 saturated carbocycles. The van der Waals surface area contributed by atoms with E-state index < -0.39 is 33.3 Å². The lowest BCUT2D eigenvalue weighted by atomic mass is 9.82. The highest BCUT2D eigenvalue weighted by molar-refractivity contribution is 7.85. The van der Waals surface area contributed by atoms with Crippen molar-refractivity contribution in [2.75, 3.05) is 105 Å². The number of hydrogen-bond acceptors (Lipinski definition) is 15. The van der Waals surface area contributed by atoms with Gasteiger partial charge < -0.3 is 47.1 Å². The minimum Gasteiger partial charge on any atom is -0.744 e. The second-order valence-electron chi connectivity index (χ2n) is 18.1. The second-order valence-corrected chi connectivity index (χ2v) is 19.5. The summed E-state index contributed by atoms with van der Waals surface area (Å²) >= 11 is 0. The summed E-state index contributed by atoms with van der Waals surface area (Å²) < 4.78 is 78.3. The summed E-state index contributed by atoms with van der Waals surface area (Å²) in [5, 5.41) is 1.50. The van der Waals surface area contributed by atoms with Crippen molar-refractivity contribution >= 4 is 39.7 Å². The number of nitrogens with zero attached hydrogens (tertiary/aromatic N) is 3. The topological polar surface area (TPSA) is 196 Å². The molecule has 0 spiro atoms. The third-order valence-electron chi connectivity index (χ3n) is 11.7. The van der Waals surface area contributed by atoms with Crippen molar-refractivity contribution in [3.63, 3.8) is 0 Å². The number of hydrogen-bond donors (Lipinski definition) is 0. The van der Waals surface area contributed by atoms with Crippen LogP contribution in [0.15, 0.2) is 69.6 Å². The van der Waals surface area contributed by atoms with Crippen LogP contribution in [0.4, 0.5) is 5.69 Å². The Balaban J connectivity index is 1.40. The number of methoxy groups -OCH3 is 2. The van der Waals surface area contributed by atoms with E-state index in [4.69, 9.17) is 37.7 Å². The van der Waals surface area contributed by atoms with Gasteiger partial charge in [0.05, 0.1) is 63.8 Å². The van der Waals surface area contributed by atoms with Crippen LogP contribution in [0.25, 0.3) is 17.4 Å². The summed E-state index contributed by atoms with van der Waals surface area (Å²) in [4.78, 5) is 43.0. The van der Waals surface area contributed by atoms with E-state index in [1.165, 1.54) is 12.1 Å². The normalized spacial score (nSPS) is 15.7. The van der Waals surface area contributed by atoms with E-state index >= 15 is 0 Å². The van der Waals surface area contributed by atoms with Gasteiger partial charge in [0.1, 0.15) is 34.9 Å². The molecular weight excluding hydrogens is 899 g/mol. The van der Waals surface area contributed by atoms with Crippen LogP contribution in [0.5, 0.6) is 0 Å². The lowest BCUT2D eigenvalue weighted by molar-refractivity contribution is -0.197. The predicted molar refractivity (Wildman–Crippen MR) is 254 cm³/mol. The summed E-state index contributed by atoms with van der Waals surface area (Å²) in [5.41, 5.74) is 3.49. The molecule has 1 aromatic rings. The lowest BCUT2D eigenvalue weighted by Gasteiger charge is -2.27. The number of benzene rings is 2. The van der Waals surface area contributed by atoms with E-state index in [0.717, 1.165) is 27.9 Å². The number of carbonyl (C=O) groups is 3. The fourth-order valence-electron chi connectivity index (χ4n) is 8.05. The van der Waals surface area contributed by atoms with Gasteiger partial charge in [-0.15, -0.1) is 5.06 Å². The van der Waals surface area contributed by atoms with E-state index in [-0.39, 0.29) is 29.6 Å². The van der Waals surface area contributed by atoms with Crippen molar-refractivity contribution < 1.29 is 65.0 Å². The number of amides is 2. The quantitative estimate of drug-likeness (QED) is 0.0378. The number of rotatable bonds is 28. The van der Waals surface area contributed by atoms with Gasteiger partial charge in [0.25, 0.3) is 11.8 Å². The van der Waals surface area contributed by atoms with Crippen molar-refractivity contribution in [2.24, 2.45) is 0 Å². The Morgan fingerprint density at radius 2 is 1.41 bits per heavy atom. The molecular formula is C50H69N3O14S. The molecule has 0 unspecified atom stereocenters. The molecule has 4 aliphatic rings. The molecule has 1 saturated heterocycles. The summed E-state index contributed by atoms with van der Waals surface area (Å²) in [7, 11) is -1.44. The Morgan fingerprint density at radius 3 is 2.00 bits per heavy atom. The summed E-state index contributed by atoms with van der Waals surface area (Å²) in [6, 6.07) is 12.7. The van der Waals surface area contributed by atoms with E-state index in [1.807, 2.05) is 38.1 Å². The van der Waals surface area contributed by atoms with Crippen molar-refractivity contribution in [3.05, 3.63) is 82.6 Å². The van der Waals surface area contributed by atoms with Crippen LogP contribution in [0, 0.1) is 0 Å². The SMILES string of the molecule is COCCOCCOCC[N+](CCOCCOCCOC)=c1ccc2c(C(C)(C)C)cc(/C=C/C=C3/N(CCCCCC(=O)ON4C(=O)CCC4=O)c4ccc(S(=O)(=O)[O-])cc4C3(C)C)oc-2c1. The molecule has 0 aromatic heterocycles. The standard InChI is InChI=1S/C50H69N3O14S/c1-49(2,3)41-35-38(66-44-34-37(15-17-40(41)44)51(22-24-62-30-32-64-28-26-60-6)23-25-63-31-33-65-29-27-61-7)12-11-13-45-50(4,5)42-36-39(68(57,58)59)16-18-43(42)52(45)21-10-8-9-14-48(56)67-53-46(54)19-20-47(53)55/h11-13,15-18,34-36H,8-10,14,19-33H2,1-7H3. The number of imide groups is 1. The Labute approximate surface area is 400 Å². The Morgan fingerprint density at radius 1 is 0.809 bits per heavy atom. The molecule has 1 aromatic carbocycles. The summed E-state index contributed by atoms with van der Waals surface area (Å²) in [5.74, 6) is -0.368. The number of unbranched alkanes of at least 4 members (excludes halogenated alkanes) is 2. The molecule has 17 nitrogen and oxygen atoms in total. The van der Waals surface area contributed by atoms with E-state index in [0.29, 0.717) is 127 Å². The fraction of sp³-hybridized carbons (Fsp3) is 0.560. The van der Waals surface area contributed by atoms with Crippen LogP contribution in [0.1, 0.15) is 90.0 Å². The molecule has 5 rings (SSSR count). The molecule has 1 aliphatic carbocycles. The highest BCUT2D eigenvalue weighted by Gasteiger charge is 2.40. The molecule has 3 heterocycles. The van der Waals surface area contributed by atoms with E-state index in [2.05, 4.69) is 48.4 Å². The number of fused-ring (bicyclic) bond motifs is 2. The molecule has 1 fully saturated rings. The molecule has 3 aliphatic heterocycles. The Hall–Kier alpha value is -4.79. The number of anilines is 1. The first-order valence-electron chi connectivity index (χ1n) is 23.2. The van der Waals surface area contributed by atoms with Gasteiger partial charge in [-0.05, 0) is 71.9 Å². The van der Waals surface area contributed by atoms with Crippen molar-refractivity contribution in [1.82, 2.24) is 9.64 Å². The van der Waals surface area contributed by atoms with Gasteiger partial charge in [0, 0.05) is 68.5 Å². The smallest absolute Gasteiger partial charge is 0.333 e. The summed E-state index contributed by atoms with van der Waals surface area (Å²) in [6.45, 7) is 17.0. The number of hydroxylamine groups is 2. The Kier molecular flexibility index (Phi) is 20.5. The third kappa shape index (κ3) is 15.4. The lowest BCUT2D eigenvalue weighted by Crippen LogP contribution is -2.36. The average molecular weight is 968 g/mol. The molecule has 18 heteroatoms. The van der Waals surface area contributed by atoms with Crippen LogP contribution in [0.3, 0.4) is 0 Å². The molecule has 0 N–H and O–H groups in total. The number of carbonyl (C=O) groups excluding carboxylic acids is 3. The van der Waals surface area contributed by atoms with Crippen LogP contribution in [-0.2, 0) is 68.6 Å². The summed E-state index contributed by atoms with van der Waals surface area (Å²) in [6.07, 6.45) is 7.61. The fourth-order valence-corrected chi connectivity index (χ4v) is 8.55. The molecule has 374 valence electrons. The monoisotopic (exact) mass is 967 g/mol. The Bertz CT molecular complexity index is 2350. The average Bonchev–Trinajstić information content (AvgIpc) is 3.71. The van der Waals surface area contributed by atoms with Gasteiger partial charge in [-0.3, -0.25) is 9.59 Å². The van der Waals surface area contributed by atoms with E-state index in [9.17, 15) is 27.4 Å². The van der Waals surface area contributed by atoms with Gasteiger partial charge in [-0.25, -0.2) is 17.8 Å². The zero-order chi connectivity index (χ0) is 49.3. The van der Waals surface area contributed by atoms with E-state index in [1.54, 1.807) is 20.3 Å². The van der Waals surface area contributed by atoms with Gasteiger partial charge in [-0.2, -0.15) is 0 Å². The number of ether oxygens (including phenoxy) is 6. The van der Waals surface area contributed by atoms with Gasteiger partial charge in [0.2, 0.25) is 5.36 Å². The highest BCUT2D eigenvalue weighted by atomic mass is 32.2. The molecule has 2 amide bonds. The van der Waals surface area contributed by atoms with Gasteiger partial charge in [-0.1, -0.05) is 47.1 Å².